The molecule has 0 unspecified atom stereocenters. The second kappa shape index (κ2) is 8.67. The minimum absolute atomic E-state index is 0.128. The van der Waals surface area contributed by atoms with Gasteiger partial charge in [0.05, 0.1) is 17.9 Å². The third-order valence-corrected chi connectivity index (χ3v) is 5.90. The summed E-state index contributed by atoms with van der Waals surface area (Å²) in [5, 5.41) is 12.3. The van der Waals surface area contributed by atoms with Gasteiger partial charge in [0.15, 0.2) is 11.0 Å². The topological polar surface area (TPSA) is 69.0 Å². The van der Waals surface area contributed by atoms with E-state index in [0.717, 1.165) is 16.9 Å². The lowest BCUT2D eigenvalue weighted by molar-refractivity contribution is -0.115. The summed E-state index contributed by atoms with van der Waals surface area (Å²) in [6.07, 6.45) is 0. The Morgan fingerprint density at radius 2 is 1.96 bits per heavy atom. The second-order valence-corrected chi connectivity index (χ2v) is 7.94. The second-order valence-electron chi connectivity index (χ2n) is 6.23. The molecule has 8 heteroatoms. The molecule has 1 heterocycles. The van der Waals surface area contributed by atoms with E-state index >= 15 is 0 Å². The highest BCUT2D eigenvalue weighted by Gasteiger charge is 2.21. The van der Waals surface area contributed by atoms with Crippen molar-refractivity contribution in [3.05, 3.63) is 53.1 Å². The van der Waals surface area contributed by atoms with Gasteiger partial charge in [-0.05, 0) is 43.7 Å². The molecule has 2 aromatic carbocycles. The monoisotopic (exact) mass is 416 g/mol. The number of nitrogens with zero attached hydrogens (tertiary/aromatic N) is 3. The number of para-hydroxylation sites is 1. The van der Waals surface area contributed by atoms with Crippen LogP contribution in [0, 0.1) is 6.92 Å². The highest BCUT2D eigenvalue weighted by molar-refractivity contribution is 8.00. The fraction of sp³-hybridized carbons (Fsp3) is 0.250. The van der Waals surface area contributed by atoms with Gasteiger partial charge in [-0.15, -0.1) is 10.2 Å². The molecule has 28 heavy (non-hydrogen) atoms. The lowest BCUT2D eigenvalue weighted by Gasteiger charge is -2.14. The van der Waals surface area contributed by atoms with Crippen molar-refractivity contribution in [2.24, 2.45) is 7.05 Å². The number of hydrogen-bond acceptors (Lipinski definition) is 5. The van der Waals surface area contributed by atoms with Gasteiger partial charge in [-0.1, -0.05) is 41.6 Å². The van der Waals surface area contributed by atoms with Crippen LogP contribution in [0.3, 0.4) is 0 Å². The molecule has 3 rings (SSSR count). The molecule has 0 radical (unpaired) electrons. The molecule has 0 saturated carbocycles. The zero-order valence-corrected chi connectivity index (χ0v) is 17.6. The van der Waals surface area contributed by atoms with Crippen LogP contribution in [0.25, 0.3) is 11.4 Å². The van der Waals surface area contributed by atoms with Crippen LogP contribution in [-0.4, -0.2) is 33.0 Å². The van der Waals surface area contributed by atoms with Crippen LogP contribution in [0.5, 0.6) is 5.75 Å². The molecule has 3 aromatic rings. The largest absolute Gasteiger partial charge is 0.496 e. The molecule has 0 aliphatic heterocycles. The zero-order chi connectivity index (χ0) is 20.3. The Morgan fingerprint density at radius 1 is 1.21 bits per heavy atom. The number of anilines is 1. The number of nitrogens with one attached hydrogen (secondary N) is 1. The van der Waals surface area contributed by atoms with Crippen LogP contribution in [0.15, 0.2) is 47.6 Å². The van der Waals surface area contributed by atoms with E-state index in [1.807, 2.05) is 61.9 Å². The summed E-state index contributed by atoms with van der Waals surface area (Å²) in [6, 6.07) is 13.1. The van der Waals surface area contributed by atoms with Gasteiger partial charge in [0.1, 0.15) is 5.75 Å². The smallest absolute Gasteiger partial charge is 0.237 e. The lowest BCUT2D eigenvalue weighted by Crippen LogP contribution is -2.23. The summed E-state index contributed by atoms with van der Waals surface area (Å²) in [5.74, 6) is 1.27. The standard InChI is InChI=1S/C20H21ClN4O2S/c1-12-15(21)9-7-10-16(12)22-19(26)13(2)28-20-24-23-18(25(20)3)14-8-5-6-11-17(14)27-4/h5-11,13H,1-4H3,(H,22,26)/t13-/m1/s1. The molecule has 6 nitrogen and oxygen atoms in total. The van der Waals surface area contributed by atoms with Crippen molar-refractivity contribution in [3.63, 3.8) is 0 Å². The normalized spacial score (nSPS) is 11.9. The number of carbonyl (C=O) groups excluding carboxylic acids is 1. The maximum Gasteiger partial charge on any atom is 0.237 e. The lowest BCUT2D eigenvalue weighted by atomic mass is 10.2. The van der Waals surface area contributed by atoms with Crippen molar-refractivity contribution >= 4 is 35.0 Å². The number of hydrogen-bond donors (Lipinski definition) is 1. The Morgan fingerprint density at radius 3 is 2.71 bits per heavy atom. The number of ether oxygens (including phenoxy) is 1. The van der Waals surface area contributed by atoms with Crippen molar-refractivity contribution in [1.29, 1.82) is 0 Å². The maximum absolute atomic E-state index is 12.6. The Labute approximate surface area is 173 Å². The number of methoxy groups -OCH3 is 1. The highest BCUT2D eigenvalue weighted by atomic mass is 35.5. The fourth-order valence-electron chi connectivity index (χ4n) is 2.67. The average Bonchev–Trinajstić information content (AvgIpc) is 3.05. The number of thioether (sulfide) groups is 1. The van der Waals surface area contributed by atoms with Gasteiger partial charge < -0.3 is 14.6 Å². The van der Waals surface area contributed by atoms with E-state index in [2.05, 4.69) is 15.5 Å². The SMILES string of the molecule is COc1ccccc1-c1nnc(S[C@H](C)C(=O)Nc2cccc(Cl)c2C)n1C. The molecule has 0 saturated heterocycles. The van der Waals surface area contributed by atoms with E-state index in [-0.39, 0.29) is 11.2 Å². The van der Waals surface area contributed by atoms with Gasteiger partial charge in [-0.3, -0.25) is 4.79 Å². The minimum Gasteiger partial charge on any atom is -0.496 e. The van der Waals surface area contributed by atoms with E-state index in [0.29, 0.717) is 21.7 Å². The van der Waals surface area contributed by atoms with E-state index < -0.39 is 0 Å². The fourth-order valence-corrected chi connectivity index (χ4v) is 3.66. The highest BCUT2D eigenvalue weighted by Crippen LogP contribution is 2.31. The van der Waals surface area contributed by atoms with E-state index in [4.69, 9.17) is 16.3 Å². The van der Waals surface area contributed by atoms with Crippen molar-refractivity contribution in [2.45, 2.75) is 24.3 Å². The quantitative estimate of drug-likeness (QED) is 0.596. The summed E-state index contributed by atoms with van der Waals surface area (Å²) in [6.45, 7) is 3.70. The van der Waals surface area contributed by atoms with E-state index in [1.54, 1.807) is 13.2 Å². The molecular formula is C20H21ClN4O2S. The number of aromatic nitrogens is 3. The molecule has 1 amide bonds. The number of carbonyl (C=O) groups is 1. The summed E-state index contributed by atoms with van der Waals surface area (Å²) >= 11 is 7.46. The zero-order valence-electron chi connectivity index (χ0n) is 16.1. The predicted octanol–water partition coefficient (Wildman–Crippen LogP) is 4.57. The van der Waals surface area contributed by atoms with E-state index in [9.17, 15) is 4.79 Å². The molecule has 146 valence electrons. The average molecular weight is 417 g/mol. The third-order valence-electron chi connectivity index (χ3n) is 4.36. The molecule has 0 aliphatic carbocycles. The summed E-state index contributed by atoms with van der Waals surface area (Å²) in [4.78, 5) is 12.6. The molecule has 1 aromatic heterocycles. The number of benzene rings is 2. The first-order chi connectivity index (χ1) is 13.4. The van der Waals surface area contributed by atoms with Crippen molar-refractivity contribution in [2.75, 3.05) is 12.4 Å². The van der Waals surface area contributed by atoms with Gasteiger partial charge in [-0.25, -0.2) is 0 Å². The van der Waals surface area contributed by atoms with Crippen LogP contribution < -0.4 is 10.1 Å². The summed E-state index contributed by atoms with van der Waals surface area (Å²) in [7, 11) is 3.49. The molecule has 0 spiro atoms. The Hall–Kier alpha value is -2.51. The van der Waals surface area contributed by atoms with Crippen LogP contribution in [-0.2, 0) is 11.8 Å². The van der Waals surface area contributed by atoms with Gasteiger partial charge in [0, 0.05) is 17.8 Å². The molecule has 1 atom stereocenters. The van der Waals surface area contributed by atoms with Gasteiger partial charge in [0.25, 0.3) is 0 Å². The molecule has 0 bridgehead atoms. The van der Waals surface area contributed by atoms with Crippen LogP contribution >= 0.6 is 23.4 Å². The summed E-state index contributed by atoms with van der Waals surface area (Å²) < 4.78 is 7.27. The first-order valence-electron chi connectivity index (χ1n) is 8.67. The minimum atomic E-state index is -0.369. The van der Waals surface area contributed by atoms with Gasteiger partial charge >= 0.3 is 0 Å². The first kappa shape index (κ1) is 20.2. The van der Waals surface area contributed by atoms with Gasteiger partial charge in [-0.2, -0.15) is 0 Å². The molecular weight excluding hydrogens is 396 g/mol. The number of amides is 1. The van der Waals surface area contributed by atoms with Crippen LogP contribution in [0.4, 0.5) is 5.69 Å². The Bertz CT molecular complexity index is 1010. The van der Waals surface area contributed by atoms with Crippen molar-refractivity contribution < 1.29 is 9.53 Å². The van der Waals surface area contributed by atoms with Crippen molar-refractivity contribution in [1.82, 2.24) is 14.8 Å². The molecule has 0 aliphatic rings. The Kier molecular flexibility index (Phi) is 6.26. The third kappa shape index (κ3) is 4.15. The number of rotatable bonds is 6. The Balaban J connectivity index is 1.76. The predicted molar refractivity (Wildman–Crippen MR) is 113 cm³/mol. The van der Waals surface area contributed by atoms with E-state index in [1.165, 1.54) is 11.8 Å². The van der Waals surface area contributed by atoms with Crippen molar-refractivity contribution in [3.8, 4) is 17.1 Å². The maximum atomic E-state index is 12.6. The first-order valence-corrected chi connectivity index (χ1v) is 9.93. The molecule has 0 fully saturated rings. The number of halogens is 1. The summed E-state index contributed by atoms with van der Waals surface area (Å²) in [5.41, 5.74) is 2.39. The van der Waals surface area contributed by atoms with Gasteiger partial charge in [0.2, 0.25) is 5.91 Å². The van der Waals surface area contributed by atoms with Crippen LogP contribution in [0.2, 0.25) is 5.02 Å². The molecule has 1 N–H and O–H groups in total. The van der Waals surface area contributed by atoms with Crippen LogP contribution in [0.1, 0.15) is 12.5 Å².